The second kappa shape index (κ2) is 5.12. The van der Waals surface area contributed by atoms with E-state index in [4.69, 9.17) is 0 Å². The Bertz CT molecular complexity index is 413. The van der Waals surface area contributed by atoms with Crippen molar-refractivity contribution < 1.29 is 0 Å². The molecule has 2 aromatic rings. The third-order valence-electron chi connectivity index (χ3n) is 2.46. The molecular weight excluding hydrogens is 220 g/mol. The van der Waals surface area contributed by atoms with Crippen molar-refractivity contribution in [3.05, 3.63) is 29.3 Å². The summed E-state index contributed by atoms with van der Waals surface area (Å²) in [5, 5.41) is 4.37. The number of nitrogens with one attached hydrogen (secondary N) is 1. The number of rotatable bonds is 5. The van der Waals surface area contributed by atoms with Crippen LogP contribution in [-0.4, -0.2) is 21.1 Å². The third-order valence-corrected chi connectivity index (χ3v) is 3.49. The van der Waals surface area contributed by atoms with E-state index < -0.39 is 0 Å². The Morgan fingerprint density at radius 1 is 1.44 bits per heavy atom. The molecule has 0 aliphatic carbocycles. The summed E-state index contributed by atoms with van der Waals surface area (Å²) in [5.74, 6) is 0. The van der Waals surface area contributed by atoms with Crippen LogP contribution in [0.1, 0.15) is 17.0 Å². The largest absolute Gasteiger partial charge is 0.361 e. The van der Waals surface area contributed by atoms with Gasteiger partial charge in [0.2, 0.25) is 0 Å². The van der Waals surface area contributed by atoms with Gasteiger partial charge in [0.05, 0.1) is 12.0 Å². The minimum atomic E-state index is 0.949. The maximum atomic E-state index is 4.43. The van der Waals surface area contributed by atoms with Gasteiger partial charge in [0.15, 0.2) is 5.13 Å². The molecule has 0 amide bonds. The number of hydrogen-bond acceptors (Lipinski definition) is 4. The quantitative estimate of drug-likeness (QED) is 0.811. The molecule has 0 radical (unpaired) electrons. The zero-order valence-corrected chi connectivity index (χ0v) is 10.4. The van der Waals surface area contributed by atoms with Gasteiger partial charge < -0.3 is 9.88 Å². The lowest BCUT2D eigenvalue weighted by Crippen LogP contribution is -2.05. The van der Waals surface area contributed by atoms with Crippen LogP contribution in [0.3, 0.4) is 0 Å². The second-order valence-corrected chi connectivity index (χ2v) is 4.94. The van der Waals surface area contributed by atoms with Gasteiger partial charge in [-0.1, -0.05) is 0 Å². The molecule has 0 bridgehead atoms. The van der Waals surface area contributed by atoms with Gasteiger partial charge in [0.1, 0.15) is 0 Å². The van der Waals surface area contributed by atoms with E-state index >= 15 is 0 Å². The highest BCUT2D eigenvalue weighted by atomic mass is 32.1. The Balaban J connectivity index is 1.72. The fourth-order valence-corrected chi connectivity index (χ4v) is 2.26. The van der Waals surface area contributed by atoms with Gasteiger partial charge in [-0.25, -0.2) is 9.97 Å². The van der Waals surface area contributed by atoms with Crippen molar-refractivity contribution in [2.45, 2.75) is 26.8 Å². The van der Waals surface area contributed by atoms with E-state index in [1.165, 1.54) is 4.88 Å². The molecule has 2 rings (SSSR count). The molecule has 86 valence electrons. The Labute approximate surface area is 99.4 Å². The van der Waals surface area contributed by atoms with Crippen molar-refractivity contribution in [2.24, 2.45) is 0 Å². The first-order valence-corrected chi connectivity index (χ1v) is 6.21. The van der Waals surface area contributed by atoms with Crippen molar-refractivity contribution in [3.8, 4) is 0 Å². The predicted octanol–water partition coefficient (Wildman–Crippen LogP) is 2.46. The normalized spacial score (nSPS) is 10.6. The Hall–Kier alpha value is -1.36. The van der Waals surface area contributed by atoms with Crippen LogP contribution in [0.15, 0.2) is 18.7 Å². The molecule has 0 saturated heterocycles. The van der Waals surface area contributed by atoms with Crippen molar-refractivity contribution >= 4 is 16.5 Å². The van der Waals surface area contributed by atoms with Crippen molar-refractivity contribution in [3.63, 3.8) is 0 Å². The number of hydrogen-bond donors (Lipinski definition) is 1. The molecule has 16 heavy (non-hydrogen) atoms. The number of thiazole rings is 1. The van der Waals surface area contributed by atoms with Gasteiger partial charge >= 0.3 is 0 Å². The van der Waals surface area contributed by atoms with Crippen molar-refractivity contribution in [1.82, 2.24) is 14.5 Å². The average molecular weight is 236 g/mol. The van der Waals surface area contributed by atoms with Gasteiger partial charge in [-0.05, 0) is 20.3 Å². The highest BCUT2D eigenvalue weighted by molar-refractivity contribution is 7.15. The van der Waals surface area contributed by atoms with E-state index in [-0.39, 0.29) is 0 Å². The lowest BCUT2D eigenvalue weighted by atomic mass is 10.4. The van der Waals surface area contributed by atoms with Crippen LogP contribution in [-0.2, 0) is 6.54 Å². The standard InChI is InChI=1S/C11H16N4S/c1-9-10(2)16-11(14-9)13-4-3-6-15-7-5-12-8-15/h5,7-8H,3-4,6H2,1-2H3,(H,13,14). The molecule has 0 aromatic carbocycles. The van der Waals surface area contributed by atoms with E-state index in [0.29, 0.717) is 0 Å². The van der Waals surface area contributed by atoms with E-state index in [1.54, 1.807) is 17.5 Å². The number of anilines is 1. The number of nitrogens with zero attached hydrogens (tertiary/aromatic N) is 3. The van der Waals surface area contributed by atoms with Crippen LogP contribution < -0.4 is 5.32 Å². The first kappa shape index (κ1) is 11.1. The Morgan fingerprint density at radius 2 is 2.31 bits per heavy atom. The zero-order valence-electron chi connectivity index (χ0n) is 9.60. The second-order valence-electron chi connectivity index (χ2n) is 3.74. The van der Waals surface area contributed by atoms with E-state index in [2.05, 4.69) is 26.8 Å². The molecule has 2 heterocycles. The summed E-state index contributed by atoms with van der Waals surface area (Å²) in [6.07, 6.45) is 6.71. The average Bonchev–Trinajstić information content (AvgIpc) is 2.85. The molecule has 1 N–H and O–H groups in total. The highest BCUT2D eigenvalue weighted by Gasteiger charge is 2.01. The lowest BCUT2D eigenvalue weighted by Gasteiger charge is -2.03. The Morgan fingerprint density at radius 3 is 2.94 bits per heavy atom. The molecule has 0 fully saturated rings. The van der Waals surface area contributed by atoms with Gasteiger partial charge in [-0.3, -0.25) is 0 Å². The summed E-state index contributed by atoms with van der Waals surface area (Å²) in [5.41, 5.74) is 1.13. The molecule has 0 aliphatic heterocycles. The number of aryl methyl sites for hydroxylation is 3. The predicted molar refractivity (Wildman–Crippen MR) is 66.9 cm³/mol. The number of imidazole rings is 1. The minimum Gasteiger partial charge on any atom is -0.361 e. The maximum Gasteiger partial charge on any atom is 0.183 e. The molecule has 0 saturated carbocycles. The summed E-state index contributed by atoms with van der Waals surface area (Å²) in [7, 11) is 0. The third kappa shape index (κ3) is 2.82. The zero-order chi connectivity index (χ0) is 11.4. The van der Waals surface area contributed by atoms with Gasteiger partial charge in [0, 0.05) is 30.4 Å². The topological polar surface area (TPSA) is 42.7 Å². The monoisotopic (exact) mass is 236 g/mol. The minimum absolute atomic E-state index is 0.949. The molecule has 4 nitrogen and oxygen atoms in total. The maximum absolute atomic E-state index is 4.43. The van der Waals surface area contributed by atoms with E-state index in [0.717, 1.165) is 30.3 Å². The van der Waals surface area contributed by atoms with Gasteiger partial charge in [0.25, 0.3) is 0 Å². The van der Waals surface area contributed by atoms with Crippen LogP contribution in [0.4, 0.5) is 5.13 Å². The van der Waals surface area contributed by atoms with Crippen LogP contribution in [0.25, 0.3) is 0 Å². The lowest BCUT2D eigenvalue weighted by molar-refractivity contribution is 0.660. The van der Waals surface area contributed by atoms with Crippen LogP contribution >= 0.6 is 11.3 Å². The number of aromatic nitrogens is 3. The summed E-state index contributed by atoms with van der Waals surface area (Å²) in [6.45, 7) is 6.09. The first-order valence-electron chi connectivity index (χ1n) is 5.39. The molecule has 2 aromatic heterocycles. The molecule has 0 atom stereocenters. The van der Waals surface area contributed by atoms with E-state index in [1.807, 2.05) is 19.4 Å². The molecule has 0 aliphatic rings. The molecular formula is C11H16N4S. The summed E-state index contributed by atoms with van der Waals surface area (Å²) in [4.78, 5) is 9.73. The van der Waals surface area contributed by atoms with Gasteiger partial charge in [-0.15, -0.1) is 11.3 Å². The first-order chi connectivity index (χ1) is 7.75. The van der Waals surface area contributed by atoms with Crippen LogP contribution in [0, 0.1) is 13.8 Å². The molecule has 0 unspecified atom stereocenters. The fourth-order valence-electron chi connectivity index (χ4n) is 1.42. The Kier molecular flexibility index (Phi) is 3.56. The summed E-state index contributed by atoms with van der Waals surface area (Å²) < 4.78 is 2.08. The highest BCUT2D eigenvalue weighted by Crippen LogP contribution is 2.20. The molecule has 5 heteroatoms. The summed E-state index contributed by atoms with van der Waals surface area (Å²) in [6, 6.07) is 0. The SMILES string of the molecule is Cc1nc(NCCCn2ccnc2)sc1C. The van der Waals surface area contributed by atoms with Crippen LogP contribution in [0.5, 0.6) is 0 Å². The van der Waals surface area contributed by atoms with E-state index in [9.17, 15) is 0 Å². The van der Waals surface area contributed by atoms with Gasteiger partial charge in [-0.2, -0.15) is 0 Å². The summed E-state index contributed by atoms with van der Waals surface area (Å²) >= 11 is 1.72. The smallest absolute Gasteiger partial charge is 0.183 e. The fraction of sp³-hybridized carbons (Fsp3) is 0.455. The van der Waals surface area contributed by atoms with Crippen LogP contribution in [0.2, 0.25) is 0 Å². The molecule has 0 spiro atoms. The van der Waals surface area contributed by atoms with Crippen molar-refractivity contribution in [1.29, 1.82) is 0 Å². The van der Waals surface area contributed by atoms with Crippen molar-refractivity contribution in [2.75, 3.05) is 11.9 Å².